The number of rotatable bonds is 3. The molecule has 0 aromatic heterocycles. The van der Waals surface area contributed by atoms with E-state index in [2.05, 4.69) is 0 Å². The molecule has 90 valence electrons. The molecular formula is C13H13F2NO. The van der Waals surface area contributed by atoms with E-state index < -0.39 is 11.6 Å². The van der Waals surface area contributed by atoms with Crippen molar-refractivity contribution in [3.63, 3.8) is 0 Å². The summed E-state index contributed by atoms with van der Waals surface area (Å²) in [6.45, 7) is 0. The average molecular weight is 237 g/mol. The summed E-state index contributed by atoms with van der Waals surface area (Å²) in [5.41, 5.74) is 5.87. The third-order valence-electron chi connectivity index (χ3n) is 2.91. The lowest BCUT2D eigenvalue weighted by molar-refractivity contribution is -0.120. The van der Waals surface area contributed by atoms with Crippen LogP contribution in [0.4, 0.5) is 8.78 Å². The minimum Gasteiger partial charge on any atom is -0.324 e. The number of hydrogen-bond acceptors (Lipinski definition) is 2. The predicted octanol–water partition coefficient (Wildman–Crippen LogP) is 1.98. The lowest BCUT2D eigenvalue weighted by Gasteiger charge is -2.08. The van der Waals surface area contributed by atoms with E-state index in [0.717, 1.165) is 12.1 Å². The Hall–Kier alpha value is -1.55. The number of carbonyl (C=O) groups is 1. The van der Waals surface area contributed by atoms with Crippen molar-refractivity contribution >= 4 is 5.78 Å². The molecule has 1 aliphatic carbocycles. The second kappa shape index (κ2) is 4.75. The van der Waals surface area contributed by atoms with Crippen LogP contribution in [0.25, 0.3) is 0 Å². The van der Waals surface area contributed by atoms with E-state index in [1.807, 2.05) is 0 Å². The van der Waals surface area contributed by atoms with Gasteiger partial charge >= 0.3 is 0 Å². The van der Waals surface area contributed by atoms with Crippen molar-refractivity contribution in [2.75, 3.05) is 0 Å². The summed E-state index contributed by atoms with van der Waals surface area (Å²) in [7, 11) is 0. The quantitative estimate of drug-likeness (QED) is 0.817. The molecule has 0 spiro atoms. The standard InChI is InChI=1S/C13H13F2NO/c14-10-3-1-8(12(15)7-10)6-13(17)9-2-4-11(16)5-9/h1-4,7,9,11H,5-6,16H2. The van der Waals surface area contributed by atoms with Gasteiger partial charge in [0.2, 0.25) is 0 Å². The van der Waals surface area contributed by atoms with Crippen LogP contribution in [-0.2, 0) is 11.2 Å². The summed E-state index contributed by atoms with van der Waals surface area (Å²) in [4.78, 5) is 11.8. The Labute approximate surface area is 98.1 Å². The van der Waals surface area contributed by atoms with Crippen LogP contribution in [0.1, 0.15) is 12.0 Å². The highest BCUT2D eigenvalue weighted by Gasteiger charge is 2.23. The van der Waals surface area contributed by atoms with E-state index in [4.69, 9.17) is 5.73 Å². The van der Waals surface area contributed by atoms with Gasteiger partial charge in [0.05, 0.1) is 0 Å². The topological polar surface area (TPSA) is 43.1 Å². The van der Waals surface area contributed by atoms with Crippen LogP contribution in [0.15, 0.2) is 30.4 Å². The average Bonchev–Trinajstić information content (AvgIpc) is 2.69. The number of hydrogen-bond donors (Lipinski definition) is 1. The Morgan fingerprint density at radius 3 is 2.71 bits per heavy atom. The Morgan fingerprint density at radius 1 is 1.35 bits per heavy atom. The third-order valence-corrected chi connectivity index (χ3v) is 2.91. The first kappa shape index (κ1) is 11.9. The third kappa shape index (κ3) is 2.77. The van der Waals surface area contributed by atoms with Crippen LogP contribution in [0.3, 0.4) is 0 Å². The molecule has 1 aliphatic rings. The molecule has 0 fully saturated rings. The molecule has 0 aliphatic heterocycles. The van der Waals surface area contributed by atoms with Crippen LogP contribution in [-0.4, -0.2) is 11.8 Å². The summed E-state index contributed by atoms with van der Waals surface area (Å²) in [5, 5.41) is 0. The molecule has 2 atom stereocenters. The van der Waals surface area contributed by atoms with Gasteiger partial charge in [-0.2, -0.15) is 0 Å². The predicted molar refractivity (Wildman–Crippen MR) is 60.3 cm³/mol. The molecular weight excluding hydrogens is 224 g/mol. The van der Waals surface area contributed by atoms with Crippen LogP contribution in [0.2, 0.25) is 0 Å². The number of carbonyl (C=O) groups excluding carboxylic acids is 1. The number of ketones is 1. The SMILES string of the molecule is NC1C=CC(C(=O)Cc2ccc(F)cc2F)C1. The summed E-state index contributed by atoms with van der Waals surface area (Å²) in [6.07, 6.45) is 4.09. The molecule has 1 aromatic carbocycles. The zero-order chi connectivity index (χ0) is 12.4. The Bertz CT molecular complexity index is 470. The number of halogens is 2. The van der Waals surface area contributed by atoms with Gasteiger partial charge in [-0.15, -0.1) is 0 Å². The lowest BCUT2D eigenvalue weighted by Crippen LogP contribution is -2.20. The van der Waals surface area contributed by atoms with Gasteiger partial charge in [-0.1, -0.05) is 18.2 Å². The monoisotopic (exact) mass is 237 g/mol. The van der Waals surface area contributed by atoms with E-state index >= 15 is 0 Å². The molecule has 1 aromatic rings. The second-order valence-electron chi connectivity index (χ2n) is 4.27. The van der Waals surface area contributed by atoms with E-state index in [0.29, 0.717) is 6.42 Å². The Balaban J connectivity index is 2.06. The molecule has 2 N–H and O–H groups in total. The Morgan fingerprint density at radius 2 is 2.12 bits per heavy atom. The van der Waals surface area contributed by atoms with Gasteiger partial charge < -0.3 is 5.73 Å². The van der Waals surface area contributed by atoms with Gasteiger partial charge in [0.15, 0.2) is 0 Å². The number of Topliss-reactive ketones (excluding diaryl/α,β-unsaturated/α-hetero) is 1. The maximum absolute atomic E-state index is 13.3. The second-order valence-corrected chi connectivity index (χ2v) is 4.27. The summed E-state index contributed by atoms with van der Waals surface area (Å²) < 4.78 is 26.0. The van der Waals surface area contributed by atoms with Gasteiger partial charge in [-0.25, -0.2) is 8.78 Å². The van der Waals surface area contributed by atoms with Crippen LogP contribution >= 0.6 is 0 Å². The van der Waals surface area contributed by atoms with Gasteiger partial charge in [0.1, 0.15) is 17.4 Å². The van der Waals surface area contributed by atoms with E-state index in [1.165, 1.54) is 6.07 Å². The fraction of sp³-hybridized carbons (Fsp3) is 0.308. The van der Waals surface area contributed by atoms with Crippen LogP contribution < -0.4 is 5.73 Å². The number of nitrogens with two attached hydrogens (primary N) is 1. The number of allylic oxidation sites excluding steroid dienone is 1. The van der Waals surface area contributed by atoms with Crippen molar-refractivity contribution in [3.8, 4) is 0 Å². The fourth-order valence-electron chi connectivity index (χ4n) is 1.95. The maximum atomic E-state index is 13.3. The zero-order valence-electron chi connectivity index (χ0n) is 9.20. The van der Waals surface area contributed by atoms with Gasteiger partial charge in [0, 0.05) is 24.4 Å². The van der Waals surface area contributed by atoms with Gasteiger partial charge in [-0.3, -0.25) is 4.79 Å². The molecule has 0 saturated carbocycles. The molecule has 17 heavy (non-hydrogen) atoms. The van der Waals surface area contributed by atoms with Gasteiger partial charge in [-0.05, 0) is 18.1 Å². The Kier molecular flexibility index (Phi) is 3.33. The van der Waals surface area contributed by atoms with E-state index in [9.17, 15) is 13.6 Å². The molecule has 2 unspecified atom stereocenters. The van der Waals surface area contributed by atoms with Crippen molar-refractivity contribution in [2.24, 2.45) is 11.7 Å². The number of benzene rings is 1. The largest absolute Gasteiger partial charge is 0.324 e. The summed E-state index contributed by atoms with van der Waals surface area (Å²) in [6, 6.07) is 3.16. The molecule has 0 heterocycles. The molecule has 0 amide bonds. The minimum atomic E-state index is -0.676. The first-order valence-electron chi connectivity index (χ1n) is 5.47. The van der Waals surface area contributed by atoms with Crippen molar-refractivity contribution in [1.82, 2.24) is 0 Å². The van der Waals surface area contributed by atoms with Crippen molar-refractivity contribution in [2.45, 2.75) is 18.9 Å². The molecule has 4 heteroatoms. The first-order chi connectivity index (χ1) is 8.06. The molecule has 0 saturated heterocycles. The normalized spacial score (nSPS) is 23.0. The van der Waals surface area contributed by atoms with Gasteiger partial charge in [0.25, 0.3) is 0 Å². The lowest BCUT2D eigenvalue weighted by atomic mass is 9.96. The van der Waals surface area contributed by atoms with E-state index in [-0.39, 0.29) is 29.7 Å². The summed E-state index contributed by atoms with van der Waals surface area (Å²) in [5.74, 6) is -1.64. The molecule has 0 bridgehead atoms. The van der Waals surface area contributed by atoms with Crippen molar-refractivity contribution in [3.05, 3.63) is 47.5 Å². The highest BCUT2D eigenvalue weighted by atomic mass is 19.1. The smallest absolute Gasteiger partial charge is 0.144 e. The summed E-state index contributed by atoms with van der Waals surface area (Å²) >= 11 is 0. The fourth-order valence-corrected chi connectivity index (χ4v) is 1.95. The minimum absolute atomic E-state index is 0.0200. The highest BCUT2D eigenvalue weighted by Crippen LogP contribution is 2.20. The molecule has 2 rings (SSSR count). The van der Waals surface area contributed by atoms with Crippen LogP contribution in [0, 0.1) is 17.6 Å². The van der Waals surface area contributed by atoms with Crippen molar-refractivity contribution in [1.29, 1.82) is 0 Å². The molecule has 0 radical (unpaired) electrons. The van der Waals surface area contributed by atoms with Crippen LogP contribution in [0.5, 0.6) is 0 Å². The first-order valence-corrected chi connectivity index (χ1v) is 5.47. The maximum Gasteiger partial charge on any atom is 0.144 e. The highest BCUT2D eigenvalue weighted by molar-refractivity contribution is 5.85. The zero-order valence-corrected chi connectivity index (χ0v) is 9.20. The van der Waals surface area contributed by atoms with Crippen molar-refractivity contribution < 1.29 is 13.6 Å². The molecule has 2 nitrogen and oxygen atoms in total. The van der Waals surface area contributed by atoms with E-state index in [1.54, 1.807) is 12.2 Å².